The third kappa shape index (κ3) is 5.67. The lowest BCUT2D eigenvalue weighted by atomic mass is 9.86. The van der Waals surface area contributed by atoms with E-state index in [1.807, 2.05) is 11.8 Å². The number of guanidine groups is 1. The predicted molar refractivity (Wildman–Crippen MR) is 135 cm³/mol. The summed E-state index contributed by atoms with van der Waals surface area (Å²) in [7, 11) is -3.75. The molecule has 7 nitrogen and oxygen atoms in total. The molecule has 0 amide bonds. The van der Waals surface area contributed by atoms with Gasteiger partial charge >= 0.3 is 0 Å². The lowest BCUT2D eigenvalue weighted by Gasteiger charge is -2.29. The summed E-state index contributed by atoms with van der Waals surface area (Å²) in [5.74, 6) is 0.368. The molecule has 4 rings (SSSR count). The smallest absolute Gasteiger partial charge is 0.264 e. The Labute approximate surface area is 202 Å². The van der Waals surface area contributed by atoms with E-state index in [1.54, 1.807) is 30.6 Å². The second kappa shape index (κ2) is 9.62. The average Bonchev–Trinajstić information content (AvgIpc) is 3.26. The molecule has 1 aliphatic heterocycles. The van der Waals surface area contributed by atoms with Crippen LogP contribution in [-0.4, -0.2) is 42.3 Å². The van der Waals surface area contributed by atoms with Crippen molar-refractivity contribution in [3.05, 3.63) is 82.9 Å². The number of nitrogens with one attached hydrogen (secondary N) is 2. The molecular formula is C26H33N5O2S. The number of hydrogen-bond acceptors (Lipinski definition) is 4. The van der Waals surface area contributed by atoms with Gasteiger partial charge < -0.3 is 9.88 Å². The normalized spacial score (nSPS) is 14.7. The van der Waals surface area contributed by atoms with Gasteiger partial charge in [-0.1, -0.05) is 62.7 Å². The maximum Gasteiger partial charge on any atom is 0.264 e. The first kappa shape index (κ1) is 24.0. The van der Waals surface area contributed by atoms with Crippen LogP contribution in [-0.2, 0) is 34.8 Å². The fourth-order valence-electron chi connectivity index (χ4n) is 3.95. The fraction of sp³-hybridized carbons (Fsp3) is 0.385. The Morgan fingerprint density at radius 2 is 1.82 bits per heavy atom. The molecule has 0 radical (unpaired) electrons. The quantitative estimate of drug-likeness (QED) is 0.428. The minimum atomic E-state index is -3.75. The van der Waals surface area contributed by atoms with Gasteiger partial charge in [0.25, 0.3) is 10.0 Å². The number of fused-ring (bicyclic) bond motifs is 1. The van der Waals surface area contributed by atoms with Crippen LogP contribution in [0.2, 0.25) is 0 Å². The highest BCUT2D eigenvalue weighted by Gasteiger charge is 2.25. The highest BCUT2D eigenvalue weighted by molar-refractivity contribution is 7.90. The van der Waals surface area contributed by atoms with E-state index in [4.69, 9.17) is 4.99 Å². The van der Waals surface area contributed by atoms with Crippen LogP contribution in [0.5, 0.6) is 0 Å². The summed E-state index contributed by atoms with van der Waals surface area (Å²) in [5, 5.41) is 0. The number of imidazole rings is 1. The Balaban J connectivity index is 1.53. The lowest BCUT2D eigenvalue weighted by molar-refractivity contribution is 0.377. The standard InChI is InChI=1S/C26H33N5O2S/c1-19-5-11-22(12-6-19)34(32,33)30-25(31-16-14-23-24(17-31)29-18-28-23)27-15-13-20-7-9-21(10-8-20)26(2,3)4/h5-12,18H,13-17H2,1-4H3,(H,27,30)(H,28,29). The van der Waals surface area contributed by atoms with E-state index in [9.17, 15) is 8.42 Å². The van der Waals surface area contributed by atoms with Crippen molar-refractivity contribution in [1.29, 1.82) is 0 Å². The van der Waals surface area contributed by atoms with E-state index in [0.717, 1.165) is 29.8 Å². The fourth-order valence-corrected chi connectivity index (χ4v) is 5.00. The van der Waals surface area contributed by atoms with Crippen molar-refractivity contribution in [2.75, 3.05) is 13.1 Å². The zero-order valence-corrected chi connectivity index (χ0v) is 21.1. The molecule has 2 aromatic carbocycles. The predicted octanol–water partition coefficient (Wildman–Crippen LogP) is 3.95. The SMILES string of the molecule is Cc1ccc(S(=O)(=O)NC(=NCCc2ccc(C(C)(C)C)cc2)N2CCc3nc[nH]c3C2)cc1. The molecule has 2 N–H and O–H groups in total. The van der Waals surface area contributed by atoms with Gasteiger partial charge in [-0.05, 0) is 42.0 Å². The number of aromatic amines is 1. The van der Waals surface area contributed by atoms with E-state index >= 15 is 0 Å². The zero-order chi connectivity index (χ0) is 24.3. The molecule has 0 bridgehead atoms. The maximum absolute atomic E-state index is 13.1. The van der Waals surface area contributed by atoms with E-state index in [2.05, 4.69) is 59.7 Å². The van der Waals surface area contributed by atoms with Gasteiger partial charge in [0.05, 0.1) is 29.2 Å². The first-order chi connectivity index (χ1) is 16.1. The van der Waals surface area contributed by atoms with Crippen molar-refractivity contribution < 1.29 is 8.42 Å². The molecule has 3 aromatic rings. The van der Waals surface area contributed by atoms with Gasteiger partial charge in [-0.3, -0.25) is 4.99 Å². The van der Waals surface area contributed by atoms with E-state index < -0.39 is 10.0 Å². The summed E-state index contributed by atoms with van der Waals surface area (Å²) in [6, 6.07) is 15.4. The van der Waals surface area contributed by atoms with Crippen LogP contribution in [0.15, 0.2) is 64.7 Å². The first-order valence-electron chi connectivity index (χ1n) is 11.6. The second-order valence-corrected chi connectivity index (χ2v) is 11.5. The molecule has 8 heteroatoms. The Kier molecular flexibility index (Phi) is 6.79. The Morgan fingerprint density at radius 1 is 1.12 bits per heavy atom. The topological polar surface area (TPSA) is 90.4 Å². The van der Waals surface area contributed by atoms with Crippen LogP contribution in [0.3, 0.4) is 0 Å². The van der Waals surface area contributed by atoms with Gasteiger partial charge in [-0.15, -0.1) is 0 Å². The monoisotopic (exact) mass is 479 g/mol. The first-order valence-corrected chi connectivity index (χ1v) is 13.1. The number of aryl methyl sites for hydroxylation is 1. The van der Waals surface area contributed by atoms with E-state index in [-0.39, 0.29) is 10.3 Å². The Morgan fingerprint density at radius 3 is 2.50 bits per heavy atom. The van der Waals surface area contributed by atoms with Crippen molar-refractivity contribution in [2.24, 2.45) is 4.99 Å². The largest absolute Gasteiger partial charge is 0.347 e. The molecule has 0 unspecified atom stereocenters. The van der Waals surface area contributed by atoms with E-state index in [0.29, 0.717) is 25.6 Å². The van der Waals surface area contributed by atoms with Crippen LogP contribution in [0, 0.1) is 6.92 Å². The lowest BCUT2D eigenvalue weighted by Crippen LogP contribution is -2.46. The molecule has 0 saturated heterocycles. The van der Waals surface area contributed by atoms with Crippen LogP contribution in [0.25, 0.3) is 0 Å². The summed E-state index contributed by atoms with van der Waals surface area (Å²) < 4.78 is 29.0. The summed E-state index contributed by atoms with van der Waals surface area (Å²) in [5.41, 5.74) is 5.59. The number of hydrogen-bond donors (Lipinski definition) is 2. The van der Waals surface area contributed by atoms with Gasteiger partial charge in [0, 0.05) is 19.5 Å². The zero-order valence-electron chi connectivity index (χ0n) is 20.3. The summed E-state index contributed by atoms with van der Waals surface area (Å²) >= 11 is 0. The summed E-state index contributed by atoms with van der Waals surface area (Å²) in [6.45, 7) is 10.2. The van der Waals surface area contributed by atoms with Crippen LogP contribution in [0.1, 0.15) is 48.8 Å². The second-order valence-electron chi connectivity index (χ2n) is 9.82. The van der Waals surface area contributed by atoms with Crippen molar-refractivity contribution in [1.82, 2.24) is 19.6 Å². The van der Waals surface area contributed by atoms with Crippen molar-refractivity contribution in [3.63, 3.8) is 0 Å². The molecular weight excluding hydrogens is 446 g/mol. The molecule has 2 heterocycles. The average molecular weight is 480 g/mol. The highest BCUT2D eigenvalue weighted by atomic mass is 32.2. The minimum absolute atomic E-state index is 0.109. The number of aliphatic imine (C=N–C) groups is 1. The third-order valence-corrected chi connectivity index (χ3v) is 7.46. The molecule has 180 valence electrons. The molecule has 1 aliphatic rings. The number of nitrogens with zero attached hydrogens (tertiary/aromatic N) is 3. The van der Waals surface area contributed by atoms with Crippen LogP contribution < -0.4 is 4.72 Å². The number of rotatable bonds is 5. The van der Waals surface area contributed by atoms with Crippen molar-refractivity contribution in [3.8, 4) is 0 Å². The van der Waals surface area contributed by atoms with Gasteiger partial charge in [0.1, 0.15) is 0 Å². The molecule has 0 atom stereocenters. The van der Waals surface area contributed by atoms with Gasteiger partial charge in [0.15, 0.2) is 0 Å². The summed E-state index contributed by atoms with van der Waals surface area (Å²) in [6.07, 6.45) is 3.14. The highest BCUT2D eigenvalue weighted by Crippen LogP contribution is 2.22. The van der Waals surface area contributed by atoms with Gasteiger partial charge in [0.2, 0.25) is 5.96 Å². The molecule has 34 heavy (non-hydrogen) atoms. The third-order valence-electron chi connectivity index (χ3n) is 6.11. The number of benzene rings is 2. The molecule has 0 aliphatic carbocycles. The van der Waals surface area contributed by atoms with Crippen LogP contribution >= 0.6 is 0 Å². The van der Waals surface area contributed by atoms with Gasteiger partial charge in [-0.2, -0.15) is 0 Å². The minimum Gasteiger partial charge on any atom is -0.347 e. The van der Waals surface area contributed by atoms with Crippen molar-refractivity contribution in [2.45, 2.75) is 57.4 Å². The Bertz CT molecular complexity index is 1250. The molecule has 0 fully saturated rings. The van der Waals surface area contributed by atoms with Gasteiger partial charge in [-0.25, -0.2) is 18.1 Å². The number of sulfonamides is 1. The van der Waals surface area contributed by atoms with Crippen LogP contribution in [0.4, 0.5) is 0 Å². The number of H-pyrrole nitrogens is 1. The molecule has 0 spiro atoms. The van der Waals surface area contributed by atoms with E-state index in [1.165, 1.54) is 11.1 Å². The number of aromatic nitrogens is 2. The summed E-state index contributed by atoms with van der Waals surface area (Å²) in [4.78, 5) is 14.4. The van der Waals surface area contributed by atoms with Crippen molar-refractivity contribution >= 4 is 16.0 Å². The maximum atomic E-state index is 13.1. The molecule has 1 aromatic heterocycles. The Hall–Kier alpha value is -3.13. The molecule has 0 saturated carbocycles.